The van der Waals surface area contributed by atoms with Gasteiger partial charge in [-0.3, -0.25) is 0 Å². The van der Waals surface area contributed by atoms with Gasteiger partial charge in [0.25, 0.3) is 0 Å². The van der Waals surface area contributed by atoms with Crippen LogP contribution in [0.5, 0.6) is 0 Å². The van der Waals surface area contributed by atoms with Crippen molar-refractivity contribution in [2.24, 2.45) is 0 Å². The standard InChI is InChI=1S/C21H26ClN7O5S2/c1-32-18-16(29-8-12(26-27-29)13-10-35-21(23)25-13)17(31)14(9-30)34-20(18)36-15-6-11(22)7-24-19(15)28-2-4-33-5-3-28/h6-8,10,14,16-18,20,30-31H,2-5,9H2,1H3,(H2,23,25)/t14?,16?,17-,18?,20+/m0/s1. The Labute approximate surface area is 220 Å². The number of hydrogen-bond acceptors (Lipinski definition) is 13. The van der Waals surface area contributed by atoms with Crippen LogP contribution in [0.3, 0.4) is 0 Å². The summed E-state index contributed by atoms with van der Waals surface area (Å²) in [6.07, 6.45) is 0.649. The molecule has 3 unspecified atom stereocenters. The van der Waals surface area contributed by atoms with E-state index in [9.17, 15) is 10.2 Å². The highest BCUT2D eigenvalue weighted by Gasteiger charge is 2.48. The largest absolute Gasteiger partial charge is 0.394 e. The van der Waals surface area contributed by atoms with Crippen LogP contribution in [0, 0.1) is 0 Å². The minimum absolute atomic E-state index is 0.389. The summed E-state index contributed by atoms with van der Waals surface area (Å²) in [7, 11) is 1.54. The van der Waals surface area contributed by atoms with E-state index < -0.39 is 29.8 Å². The number of nitrogen functional groups attached to an aromatic ring is 1. The van der Waals surface area contributed by atoms with Gasteiger partial charge in [0.2, 0.25) is 0 Å². The quantitative estimate of drug-likeness (QED) is 0.385. The Morgan fingerprint density at radius 3 is 2.83 bits per heavy atom. The third kappa shape index (κ3) is 5.17. The normalized spacial score (nSPS) is 26.9. The molecule has 0 bridgehead atoms. The second-order valence-corrected chi connectivity index (χ2v) is 10.7. The molecule has 15 heteroatoms. The molecule has 3 aromatic heterocycles. The van der Waals surface area contributed by atoms with Crippen molar-refractivity contribution in [3.63, 3.8) is 0 Å². The van der Waals surface area contributed by atoms with E-state index in [2.05, 4.69) is 25.2 Å². The summed E-state index contributed by atoms with van der Waals surface area (Å²) < 4.78 is 19.0. The number of rotatable bonds is 7. The van der Waals surface area contributed by atoms with E-state index in [0.717, 1.165) is 10.7 Å². The van der Waals surface area contributed by atoms with Gasteiger partial charge in [-0.15, -0.1) is 16.4 Å². The lowest BCUT2D eigenvalue weighted by molar-refractivity contribution is -0.186. The Morgan fingerprint density at radius 1 is 1.33 bits per heavy atom. The third-order valence-corrected chi connectivity index (χ3v) is 8.10. The molecule has 5 rings (SSSR count). The Balaban J connectivity index is 1.46. The van der Waals surface area contributed by atoms with Crippen LogP contribution in [0.25, 0.3) is 11.4 Å². The predicted molar refractivity (Wildman–Crippen MR) is 135 cm³/mol. The molecule has 194 valence electrons. The molecule has 0 saturated carbocycles. The zero-order valence-corrected chi connectivity index (χ0v) is 21.7. The summed E-state index contributed by atoms with van der Waals surface area (Å²) in [5.74, 6) is 0.763. The Bertz CT molecular complexity index is 1180. The third-order valence-electron chi connectivity index (χ3n) is 6.05. The highest BCUT2D eigenvalue weighted by atomic mass is 35.5. The molecule has 0 aliphatic carbocycles. The van der Waals surface area contributed by atoms with E-state index >= 15 is 0 Å². The highest BCUT2D eigenvalue weighted by molar-refractivity contribution is 8.00. The minimum Gasteiger partial charge on any atom is -0.394 e. The molecule has 2 saturated heterocycles. The summed E-state index contributed by atoms with van der Waals surface area (Å²) in [4.78, 5) is 11.7. The lowest BCUT2D eigenvalue weighted by Gasteiger charge is -2.43. The van der Waals surface area contributed by atoms with Crippen molar-refractivity contribution in [1.82, 2.24) is 25.0 Å². The van der Waals surface area contributed by atoms with Crippen LogP contribution in [0.2, 0.25) is 5.02 Å². The molecule has 5 heterocycles. The Morgan fingerprint density at radius 2 is 2.14 bits per heavy atom. The second kappa shape index (κ2) is 11.1. The molecule has 4 N–H and O–H groups in total. The number of morpholine rings is 1. The van der Waals surface area contributed by atoms with Crippen molar-refractivity contribution in [3.05, 3.63) is 28.9 Å². The second-order valence-electron chi connectivity index (χ2n) is 8.25. The number of hydrogen-bond donors (Lipinski definition) is 3. The van der Waals surface area contributed by atoms with Crippen molar-refractivity contribution in [2.45, 2.75) is 34.7 Å². The zero-order valence-electron chi connectivity index (χ0n) is 19.3. The smallest absolute Gasteiger partial charge is 0.180 e. The summed E-state index contributed by atoms with van der Waals surface area (Å²) in [6.45, 7) is 2.22. The van der Waals surface area contributed by atoms with Gasteiger partial charge in [0, 0.05) is 31.8 Å². The molecular weight excluding hydrogens is 530 g/mol. The van der Waals surface area contributed by atoms with Crippen molar-refractivity contribution in [2.75, 3.05) is 50.7 Å². The lowest BCUT2D eigenvalue weighted by Crippen LogP contribution is -2.55. The number of nitrogens with zero attached hydrogens (tertiary/aromatic N) is 6. The number of thioether (sulfide) groups is 1. The number of pyridine rings is 1. The number of nitrogens with two attached hydrogens (primary N) is 1. The first-order valence-corrected chi connectivity index (χ1v) is 13.4. The molecule has 2 aliphatic rings. The van der Waals surface area contributed by atoms with E-state index in [1.807, 2.05) is 6.07 Å². The van der Waals surface area contributed by atoms with Crippen LogP contribution in [-0.4, -0.2) is 98.9 Å². The van der Waals surface area contributed by atoms with E-state index in [1.54, 1.807) is 24.9 Å². The maximum absolute atomic E-state index is 11.1. The molecule has 36 heavy (non-hydrogen) atoms. The fraction of sp³-hybridized carbons (Fsp3) is 0.524. The predicted octanol–water partition coefficient (Wildman–Crippen LogP) is 1.30. The van der Waals surface area contributed by atoms with Gasteiger partial charge >= 0.3 is 0 Å². The molecule has 3 aromatic rings. The van der Waals surface area contributed by atoms with Gasteiger partial charge in [0.15, 0.2) is 5.13 Å². The highest BCUT2D eigenvalue weighted by Crippen LogP contribution is 2.42. The first kappa shape index (κ1) is 25.6. The topological polar surface area (TPSA) is 154 Å². The van der Waals surface area contributed by atoms with Crippen LogP contribution in [0.1, 0.15) is 6.04 Å². The van der Waals surface area contributed by atoms with Gasteiger partial charge in [-0.2, -0.15) is 0 Å². The molecule has 0 spiro atoms. The average Bonchev–Trinajstić information content (AvgIpc) is 3.54. The summed E-state index contributed by atoms with van der Waals surface area (Å²) in [6, 6.07) is 1.13. The van der Waals surface area contributed by atoms with Crippen LogP contribution >= 0.6 is 34.7 Å². The molecule has 2 aliphatic heterocycles. The molecule has 5 atom stereocenters. The van der Waals surface area contributed by atoms with E-state index in [-0.39, 0.29) is 6.61 Å². The maximum atomic E-state index is 11.1. The number of thiazole rings is 1. The fourth-order valence-corrected chi connectivity index (χ4v) is 6.41. The zero-order chi connectivity index (χ0) is 25.2. The molecule has 0 radical (unpaired) electrons. The Hall–Kier alpha value is -2.04. The molecule has 0 aromatic carbocycles. The number of anilines is 2. The van der Waals surface area contributed by atoms with Crippen LogP contribution in [-0.2, 0) is 14.2 Å². The lowest BCUT2D eigenvalue weighted by atomic mass is 9.97. The first-order chi connectivity index (χ1) is 17.5. The van der Waals surface area contributed by atoms with Crippen molar-refractivity contribution < 1.29 is 24.4 Å². The van der Waals surface area contributed by atoms with Crippen molar-refractivity contribution in [1.29, 1.82) is 0 Å². The van der Waals surface area contributed by atoms with Gasteiger partial charge in [0.05, 0.1) is 35.9 Å². The van der Waals surface area contributed by atoms with E-state index in [1.165, 1.54) is 27.8 Å². The van der Waals surface area contributed by atoms with Crippen molar-refractivity contribution >= 4 is 45.6 Å². The van der Waals surface area contributed by atoms with Gasteiger partial charge in [-0.25, -0.2) is 14.6 Å². The number of methoxy groups -OCH3 is 1. The number of aliphatic hydroxyl groups is 2. The molecular formula is C21H26ClN7O5S2. The van der Waals surface area contributed by atoms with Crippen LogP contribution in [0.15, 0.2) is 28.7 Å². The summed E-state index contributed by atoms with van der Waals surface area (Å²) >= 11 is 8.97. The Kier molecular flexibility index (Phi) is 7.93. The van der Waals surface area contributed by atoms with Gasteiger partial charge in [0.1, 0.15) is 47.0 Å². The summed E-state index contributed by atoms with van der Waals surface area (Å²) in [5, 5.41) is 32.2. The number of aliphatic hydroxyl groups excluding tert-OH is 2. The summed E-state index contributed by atoms with van der Waals surface area (Å²) in [5.41, 5.74) is 6.23. The minimum atomic E-state index is -1.11. The van der Waals surface area contributed by atoms with Crippen LogP contribution < -0.4 is 10.6 Å². The SMILES string of the molecule is COC1C(n2cc(-c3csc(N)n3)nn2)[C@@H](O)C(CO)O[C@@H]1Sc1cc(Cl)cnc1N1CCOCC1. The number of ether oxygens (including phenoxy) is 3. The van der Waals surface area contributed by atoms with E-state index in [4.69, 9.17) is 31.5 Å². The fourth-order valence-electron chi connectivity index (χ4n) is 4.29. The van der Waals surface area contributed by atoms with Gasteiger partial charge in [-0.05, 0) is 6.07 Å². The number of aromatic nitrogens is 5. The van der Waals surface area contributed by atoms with Gasteiger partial charge < -0.3 is 35.1 Å². The number of halogens is 1. The monoisotopic (exact) mass is 555 g/mol. The van der Waals surface area contributed by atoms with Crippen molar-refractivity contribution in [3.8, 4) is 11.4 Å². The maximum Gasteiger partial charge on any atom is 0.180 e. The molecule has 12 nitrogen and oxygen atoms in total. The molecule has 0 amide bonds. The average molecular weight is 556 g/mol. The van der Waals surface area contributed by atoms with Crippen LogP contribution in [0.4, 0.5) is 10.9 Å². The van der Waals surface area contributed by atoms with E-state index in [0.29, 0.717) is 47.8 Å². The molecule has 2 fully saturated rings. The first-order valence-electron chi connectivity index (χ1n) is 11.2. The van der Waals surface area contributed by atoms with Gasteiger partial charge in [-0.1, -0.05) is 28.6 Å².